The van der Waals surface area contributed by atoms with Gasteiger partial charge in [0.25, 0.3) is 0 Å². The first kappa shape index (κ1) is 19.9. The molecule has 0 aliphatic heterocycles. The van der Waals surface area contributed by atoms with Crippen LogP contribution in [0.15, 0.2) is 73.1 Å². The maximum absolute atomic E-state index is 14.2. The second-order valence-corrected chi connectivity index (χ2v) is 8.00. The molecule has 0 atom stereocenters. The van der Waals surface area contributed by atoms with Gasteiger partial charge in [-0.2, -0.15) is 5.10 Å². The van der Waals surface area contributed by atoms with Crippen LogP contribution in [0.1, 0.15) is 0 Å². The van der Waals surface area contributed by atoms with Gasteiger partial charge in [-0.25, -0.2) is 9.37 Å². The Morgan fingerprint density at radius 1 is 0.941 bits per heavy atom. The third kappa shape index (κ3) is 3.32. The summed E-state index contributed by atoms with van der Waals surface area (Å²) < 4.78 is 19.4. The van der Waals surface area contributed by atoms with Crippen molar-refractivity contribution in [1.82, 2.24) is 25.1 Å². The van der Waals surface area contributed by atoms with Crippen LogP contribution in [0.3, 0.4) is 0 Å². The van der Waals surface area contributed by atoms with Gasteiger partial charge >= 0.3 is 0 Å². The number of aromatic nitrogens is 5. The molecule has 0 fully saturated rings. The van der Waals surface area contributed by atoms with Crippen LogP contribution >= 0.6 is 0 Å². The number of nitrogen functional groups attached to an aromatic ring is 1. The van der Waals surface area contributed by atoms with Gasteiger partial charge < -0.3 is 15.5 Å². The van der Waals surface area contributed by atoms with Crippen LogP contribution in [0.25, 0.3) is 55.7 Å². The number of ether oxygens (including phenoxy) is 1. The molecule has 4 aromatic heterocycles. The number of hydrogen-bond acceptors (Lipinski definition) is 5. The van der Waals surface area contributed by atoms with Crippen LogP contribution in [0.2, 0.25) is 0 Å². The third-order valence-corrected chi connectivity index (χ3v) is 5.80. The van der Waals surface area contributed by atoms with E-state index in [1.54, 1.807) is 12.4 Å². The quantitative estimate of drug-likeness (QED) is 0.326. The summed E-state index contributed by atoms with van der Waals surface area (Å²) >= 11 is 0. The number of nitrogens with two attached hydrogens (primary N) is 1. The molecule has 0 saturated heterocycles. The van der Waals surface area contributed by atoms with Crippen molar-refractivity contribution >= 4 is 27.6 Å². The van der Waals surface area contributed by atoms with Gasteiger partial charge in [0.1, 0.15) is 22.8 Å². The molecule has 34 heavy (non-hydrogen) atoms. The number of aromatic amines is 2. The lowest BCUT2D eigenvalue weighted by atomic mass is 10.0. The van der Waals surface area contributed by atoms with E-state index >= 15 is 0 Å². The molecule has 0 unspecified atom stereocenters. The predicted octanol–water partition coefficient (Wildman–Crippen LogP) is 5.57. The van der Waals surface area contributed by atoms with Gasteiger partial charge in [0, 0.05) is 34.9 Å². The summed E-state index contributed by atoms with van der Waals surface area (Å²) in [4.78, 5) is 12.4. The van der Waals surface area contributed by atoms with E-state index in [4.69, 9.17) is 15.5 Å². The fourth-order valence-electron chi connectivity index (χ4n) is 4.22. The maximum Gasteiger partial charge on any atom is 0.135 e. The van der Waals surface area contributed by atoms with Crippen LogP contribution in [-0.2, 0) is 0 Å². The Morgan fingerprint density at radius 2 is 1.85 bits per heavy atom. The van der Waals surface area contributed by atoms with Gasteiger partial charge in [-0.3, -0.25) is 10.1 Å². The van der Waals surface area contributed by atoms with Gasteiger partial charge in [0.2, 0.25) is 0 Å². The number of H-pyrrole nitrogens is 2. The highest BCUT2D eigenvalue weighted by Crippen LogP contribution is 2.35. The highest BCUT2D eigenvalue weighted by atomic mass is 19.1. The second-order valence-electron chi connectivity index (χ2n) is 8.00. The molecule has 6 rings (SSSR count). The number of pyridine rings is 2. The Kier molecular flexibility index (Phi) is 4.51. The van der Waals surface area contributed by atoms with Crippen molar-refractivity contribution in [3.05, 3.63) is 78.9 Å². The normalized spacial score (nSPS) is 11.4. The number of halogens is 1. The predicted molar refractivity (Wildman–Crippen MR) is 131 cm³/mol. The maximum atomic E-state index is 14.2. The molecule has 4 heterocycles. The van der Waals surface area contributed by atoms with E-state index in [9.17, 15) is 4.39 Å². The summed E-state index contributed by atoms with van der Waals surface area (Å²) in [5, 5.41) is 8.51. The zero-order valence-corrected chi connectivity index (χ0v) is 18.1. The van der Waals surface area contributed by atoms with Gasteiger partial charge in [-0.05, 0) is 53.6 Å². The van der Waals surface area contributed by atoms with Crippen molar-refractivity contribution in [3.63, 3.8) is 0 Å². The number of rotatable bonds is 4. The van der Waals surface area contributed by atoms with Crippen molar-refractivity contribution in [2.75, 3.05) is 12.8 Å². The van der Waals surface area contributed by atoms with Gasteiger partial charge in [0.15, 0.2) is 0 Å². The molecule has 4 N–H and O–H groups in total. The lowest BCUT2D eigenvalue weighted by Crippen LogP contribution is -1.90. The van der Waals surface area contributed by atoms with E-state index in [0.29, 0.717) is 17.1 Å². The summed E-state index contributed by atoms with van der Waals surface area (Å²) in [5.41, 5.74) is 13.6. The molecular formula is C26H19FN6O. The van der Waals surface area contributed by atoms with Crippen molar-refractivity contribution in [3.8, 4) is 39.5 Å². The average molecular weight is 450 g/mol. The van der Waals surface area contributed by atoms with E-state index < -0.39 is 0 Å². The Balaban J connectivity index is 1.50. The monoisotopic (exact) mass is 450 g/mol. The van der Waals surface area contributed by atoms with Gasteiger partial charge in [0.05, 0.1) is 29.7 Å². The van der Waals surface area contributed by atoms with Crippen molar-refractivity contribution in [1.29, 1.82) is 0 Å². The lowest BCUT2D eigenvalue weighted by Gasteiger charge is -2.07. The fourth-order valence-corrected chi connectivity index (χ4v) is 4.22. The second kappa shape index (κ2) is 7.70. The molecule has 166 valence electrons. The van der Waals surface area contributed by atoms with E-state index in [1.807, 2.05) is 48.5 Å². The molecule has 2 aromatic carbocycles. The topological polar surface area (TPSA) is 106 Å². The minimum atomic E-state index is -0.354. The Hall–Kier alpha value is -4.72. The van der Waals surface area contributed by atoms with Gasteiger partial charge in [-0.1, -0.05) is 12.1 Å². The first-order valence-corrected chi connectivity index (χ1v) is 10.6. The highest BCUT2D eigenvalue weighted by molar-refractivity contribution is 6.00. The third-order valence-electron chi connectivity index (χ3n) is 5.80. The van der Waals surface area contributed by atoms with E-state index in [2.05, 4.69) is 20.2 Å². The minimum absolute atomic E-state index is 0.354. The molecule has 7 nitrogen and oxygen atoms in total. The highest BCUT2D eigenvalue weighted by Gasteiger charge is 2.16. The number of methoxy groups -OCH3 is 1. The lowest BCUT2D eigenvalue weighted by molar-refractivity contribution is 0.411. The summed E-state index contributed by atoms with van der Waals surface area (Å²) in [6.07, 6.45) is 3.33. The van der Waals surface area contributed by atoms with Crippen molar-refractivity contribution < 1.29 is 9.13 Å². The van der Waals surface area contributed by atoms with E-state index in [0.717, 1.165) is 50.0 Å². The molecule has 6 aromatic rings. The number of nitrogens with zero attached hydrogens (tertiary/aromatic N) is 3. The first-order chi connectivity index (χ1) is 16.6. The van der Waals surface area contributed by atoms with E-state index in [-0.39, 0.29) is 5.82 Å². The summed E-state index contributed by atoms with van der Waals surface area (Å²) in [6.45, 7) is 0. The summed E-state index contributed by atoms with van der Waals surface area (Å²) in [5.74, 6) is 0.113. The Bertz CT molecular complexity index is 1690. The molecule has 0 aliphatic rings. The number of hydrogen-bond donors (Lipinski definition) is 3. The molecule has 0 bridgehead atoms. The number of benzene rings is 2. The molecule has 8 heteroatoms. The minimum Gasteiger partial charge on any atom is -0.497 e. The van der Waals surface area contributed by atoms with Crippen LogP contribution in [0.5, 0.6) is 5.75 Å². The van der Waals surface area contributed by atoms with Crippen molar-refractivity contribution in [2.24, 2.45) is 0 Å². The molecule has 0 aliphatic carbocycles. The van der Waals surface area contributed by atoms with Crippen molar-refractivity contribution in [2.45, 2.75) is 0 Å². The first-order valence-electron chi connectivity index (χ1n) is 10.6. The number of anilines is 1. The molecule has 0 spiro atoms. The Morgan fingerprint density at radius 3 is 2.71 bits per heavy atom. The molecular weight excluding hydrogens is 431 g/mol. The average Bonchev–Trinajstić information content (AvgIpc) is 3.47. The smallest absolute Gasteiger partial charge is 0.135 e. The molecule has 0 saturated carbocycles. The van der Waals surface area contributed by atoms with Crippen LogP contribution in [-0.4, -0.2) is 32.3 Å². The fraction of sp³-hybridized carbons (Fsp3) is 0.0385. The largest absolute Gasteiger partial charge is 0.497 e. The number of fused-ring (bicyclic) bond motifs is 2. The van der Waals surface area contributed by atoms with Crippen LogP contribution < -0.4 is 10.5 Å². The summed E-state index contributed by atoms with van der Waals surface area (Å²) in [7, 11) is 1.53. The van der Waals surface area contributed by atoms with Gasteiger partial charge in [-0.15, -0.1) is 0 Å². The molecule has 0 radical (unpaired) electrons. The zero-order chi connectivity index (χ0) is 23.2. The summed E-state index contributed by atoms with van der Waals surface area (Å²) in [6, 6.07) is 18.2. The standard InChI is InChI=1S/C26H19FN6O/c1-34-18-9-14(7-16(27)10-18)19-3-2-4-22-20(19)11-24(30-22)26-25-23(32-33-26)6-5-21(31-25)15-8-17(28)13-29-12-15/h2-13,30H,28H2,1H3,(H,32,33). The zero-order valence-electron chi connectivity index (χ0n) is 18.1. The SMILES string of the molecule is COc1cc(F)cc(-c2cccc3[nH]c(-c4n[nH]c5ccc(-c6cncc(N)c6)nc45)cc23)c1. The van der Waals surface area contributed by atoms with Crippen LogP contribution in [0, 0.1) is 5.82 Å². The Labute approximate surface area is 193 Å². The van der Waals surface area contributed by atoms with Crippen LogP contribution in [0.4, 0.5) is 10.1 Å². The molecule has 0 amide bonds. The number of nitrogens with one attached hydrogen (secondary N) is 2. The van der Waals surface area contributed by atoms with E-state index in [1.165, 1.54) is 19.2 Å².